The molecule has 0 aliphatic heterocycles. The molecule has 4 nitrogen and oxygen atoms in total. The summed E-state index contributed by atoms with van der Waals surface area (Å²) >= 11 is 2.80. The monoisotopic (exact) mass is 426 g/mol. The topological polar surface area (TPSA) is 65.7 Å². The molecular weight excluding hydrogens is 388 g/mol. The Morgan fingerprint density at radius 1 is 0.607 bits per heavy atom. The fourth-order valence-electron chi connectivity index (χ4n) is 3.08. The largest absolute Gasteiger partial charge is 0.278 e. The minimum Gasteiger partial charge on any atom is -0.278 e. The lowest BCUT2D eigenvalue weighted by atomic mass is 10.1. The molecule has 28 heavy (non-hydrogen) atoms. The van der Waals surface area contributed by atoms with E-state index < -0.39 is 0 Å². The first-order valence-corrected chi connectivity index (χ1v) is 12.7. The van der Waals surface area contributed by atoms with E-state index in [2.05, 4.69) is 22.6 Å². The van der Waals surface area contributed by atoms with Crippen molar-refractivity contribution in [3.8, 4) is 0 Å². The highest BCUT2D eigenvalue weighted by Crippen LogP contribution is 2.09. The Morgan fingerprint density at radius 2 is 0.964 bits per heavy atom. The molecule has 2 aromatic heterocycles. The molecule has 0 aromatic carbocycles. The van der Waals surface area contributed by atoms with Crippen LogP contribution in [0.3, 0.4) is 0 Å². The highest BCUT2D eigenvalue weighted by atomic mass is 32.1. The lowest BCUT2D eigenvalue weighted by molar-refractivity contribution is 0.607. The molecule has 2 aromatic rings. The van der Waals surface area contributed by atoms with E-state index in [-0.39, 0.29) is 11.1 Å². The Morgan fingerprint density at radius 3 is 1.29 bits per heavy atom. The van der Waals surface area contributed by atoms with E-state index >= 15 is 0 Å². The molecule has 0 fully saturated rings. The number of nitrogens with one attached hydrogen (secondary N) is 2. The van der Waals surface area contributed by atoms with Crippen LogP contribution in [-0.2, 0) is 12.8 Å². The van der Waals surface area contributed by atoms with Crippen molar-refractivity contribution in [3.05, 3.63) is 42.6 Å². The van der Waals surface area contributed by atoms with Crippen molar-refractivity contribution in [2.75, 3.05) is 0 Å². The van der Waals surface area contributed by atoms with E-state index in [0.717, 1.165) is 36.8 Å². The number of aromatic amines is 2. The van der Waals surface area contributed by atoms with Gasteiger partial charge in [-0.15, -0.1) is 0 Å². The van der Waals surface area contributed by atoms with Gasteiger partial charge < -0.3 is 0 Å². The third-order valence-electron chi connectivity index (χ3n) is 4.89. The predicted octanol–water partition coefficient (Wildman–Crippen LogP) is 6.68. The van der Waals surface area contributed by atoms with Crippen LogP contribution in [-0.4, -0.2) is 8.75 Å². The van der Waals surface area contributed by atoms with Gasteiger partial charge in [-0.3, -0.25) is 18.3 Å². The Hall–Kier alpha value is -1.14. The third-order valence-corrected chi connectivity index (χ3v) is 6.30. The standard InChI is InChI=1S/2C11H19NOS/c2*1-2-3-4-5-6-7-8-10-9-14-12-11(10)13/h2*9H,2-8H2,1H3,(H,12,13). The van der Waals surface area contributed by atoms with Crippen LogP contribution in [0, 0.1) is 0 Å². The van der Waals surface area contributed by atoms with Crippen molar-refractivity contribution in [2.45, 2.75) is 104 Å². The highest BCUT2D eigenvalue weighted by molar-refractivity contribution is 7.03. The maximum absolute atomic E-state index is 11.1. The molecule has 2 rings (SSSR count). The Bertz CT molecular complexity index is 639. The van der Waals surface area contributed by atoms with Gasteiger partial charge in [-0.2, -0.15) is 0 Å². The van der Waals surface area contributed by atoms with Crippen LogP contribution in [0.15, 0.2) is 20.3 Å². The van der Waals surface area contributed by atoms with Gasteiger partial charge in [0, 0.05) is 21.9 Å². The molecule has 0 bridgehead atoms. The zero-order chi connectivity index (χ0) is 20.5. The molecule has 0 aliphatic carbocycles. The number of hydrogen-bond acceptors (Lipinski definition) is 4. The zero-order valence-electron chi connectivity index (χ0n) is 17.7. The normalized spacial score (nSPS) is 10.6. The Balaban J connectivity index is 0.000000280. The molecule has 0 amide bonds. The van der Waals surface area contributed by atoms with Crippen LogP contribution in [0.4, 0.5) is 0 Å². The summed E-state index contributed by atoms with van der Waals surface area (Å²) in [5.41, 5.74) is 2.16. The average Bonchev–Trinajstić information content (AvgIpc) is 3.29. The van der Waals surface area contributed by atoms with Gasteiger partial charge in [-0.1, -0.05) is 101 Å². The molecule has 0 saturated carbocycles. The van der Waals surface area contributed by atoms with Gasteiger partial charge in [0.25, 0.3) is 11.1 Å². The number of hydrogen-bond donors (Lipinski definition) is 2. The van der Waals surface area contributed by atoms with E-state index in [0.29, 0.717) is 0 Å². The summed E-state index contributed by atoms with van der Waals surface area (Å²) in [6, 6.07) is 0. The minimum absolute atomic E-state index is 0.114. The molecule has 2 heterocycles. The molecule has 160 valence electrons. The third kappa shape index (κ3) is 11.6. The molecule has 0 radical (unpaired) electrons. The van der Waals surface area contributed by atoms with Gasteiger partial charge >= 0.3 is 0 Å². The highest BCUT2D eigenvalue weighted by Gasteiger charge is 2.00. The first-order chi connectivity index (χ1) is 13.7. The van der Waals surface area contributed by atoms with Crippen LogP contribution in [0.1, 0.15) is 102 Å². The second-order valence-corrected chi connectivity index (χ2v) is 8.77. The molecule has 2 N–H and O–H groups in total. The van der Waals surface area contributed by atoms with Crippen molar-refractivity contribution < 1.29 is 0 Å². The van der Waals surface area contributed by atoms with Gasteiger partial charge in [-0.25, -0.2) is 0 Å². The summed E-state index contributed by atoms with van der Waals surface area (Å²) < 4.78 is 5.43. The Labute approximate surface area is 178 Å². The summed E-state index contributed by atoms with van der Waals surface area (Å²) in [7, 11) is 0. The average molecular weight is 427 g/mol. The first-order valence-electron chi connectivity index (χ1n) is 11.0. The lowest BCUT2D eigenvalue weighted by Crippen LogP contribution is -2.04. The smallest absolute Gasteiger partial charge is 0.261 e. The van der Waals surface area contributed by atoms with E-state index in [1.165, 1.54) is 87.3 Å². The van der Waals surface area contributed by atoms with Crippen molar-refractivity contribution in [3.63, 3.8) is 0 Å². The zero-order valence-corrected chi connectivity index (χ0v) is 19.3. The number of aromatic nitrogens is 2. The van der Waals surface area contributed by atoms with Crippen molar-refractivity contribution in [1.82, 2.24) is 8.75 Å². The quantitative estimate of drug-likeness (QED) is 0.331. The van der Waals surface area contributed by atoms with Crippen LogP contribution >= 0.6 is 23.1 Å². The van der Waals surface area contributed by atoms with E-state index in [4.69, 9.17) is 0 Å². The summed E-state index contributed by atoms with van der Waals surface area (Å²) in [6.45, 7) is 4.45. The van der Waals surface area contributed by atoms with Crippen LogP contribution in [0.5, 0.6) is 0 Å². The molecule has 0 aliphatic rings. The second-order valence-electron chi connectivity index (χ2n) is 7.42. The fourth-order valence-corrected chi connectivity index (χ4v) is 4.41. The van der Waals surface area contributed by atoms with Gasteiger partial charge in [0.2, 0.25) is 0 Å². The molecule has 0 saturated heterocycles. The lowest BCUT2D eigenvalue weighted by Gasteiger charge is -1.98. The van der Waals surface area contributed by atoms with Gasteiger partial charge in [0.15, 0.2) is 0 Å². The van der Waals surface area contributed by atoms with Gasteiger partial charge in [0.05, 0.1) is 0 Å². The molecule has 6 heteroatoms. The maximum Gasteiger partial charge on any atom is 0.261 e. The fraction of sp³-hybridized carbons (Fsp3) is 0.727. The first kappa shape index (κ1) is 24.9. The van der Waals surface area contributed by atoms with Gasteiger partial charge in [-0.05, 0) is 25.7 Å². The number of aryl methyl sites for hydroxylation is 2. The molecular formula is C22H38N2O2S2. The van der Waals surface area contributed by atoms with Gasteiger partial charge in [0.1, 0.15) is 0 Å². The van der Waals surface area contributed by atoms with Crippen LogP contribution in [0.25, 0.3) is 0 Å². The number of H-pyrrole nitrogens is 2. The van der Waals surface area contributed by atoms with Crippen molar-refractivity contribution in [1.29, 1.82) is 0 Å². The van der Waals surface area contributed by atoms with Crippen LogP contribution in [0.2, 0.25) is 0 Å². The van der Waals surface area contributed by atoms with E-state index in [9.17, 15) is 9.59 Å². The van der Waals surface area contributed by atoms with E-state index in [1.54, 1.807) is 0 Å². The second kappa shape index (κ2) is 16.8. The maximum atomic E-state index is 11.1. The molecule has 0 atom stereocenters. The van der Waals surface area contributed by atoms with E-state index in [1.807, 2.05) is 10.8 Å². The Kier molecular flexibility index (Phi) is 14.9. The minimum atomic E-state index is 0.114. The number of unbranched alkanes of at least 4 members (excludes halogenated alkanes) is 10. The summed E-state index contributed by atoms with van der Waals surface area (Å²) in [5.74, 6) is 0. The molecule has 0 unspecified atom stereocenters. The summed E-state index contributed by atoms with van der Waals surface area (Å²) in [5, 5.41) is 3.88. The van der Waals surface area contributed by atoms with Crippen LogP contribution < -0.4 is 11.1 Å². The summed E-state index contributed by atoms with van der Waals surface area (Å²) in [6.07, 6.45) is 17.3. The van der Waals surface area contributed by atoms with Crippen molar-refractivity contribution in [2.24, 2.45) is 0 Å². The van der Waals surface area contributed by atoms with Crippen molar-refractivity contribution >= 4 is 23.1 Å². The number of rotatable bonds is 14. The predicted molar refractivity (Wildman–Crippen MR) is 124 cm³/mol. The SMILES string of the molecule is CCCCCCCCc1cs[nH]c1=O.CCCCCCCCc1cs[nH]c1=O. The molecule has 0 spiro atoms. The summed E-state index contributed by atoms with van der Waals surface area (Å²) in [4.78, 5) is 22.3.